The minimum absolute atomic E-state index is 0.316. The molecule has 3 fully saturated rings. The third kappa shape index (κ3) is 4.28. The van der Waals surface area contributed by atoms with Crippen molar-refractivity contribution in [2.75, 3.05) is 0 Å². The van der Waals surface area contributed by atoms with Crippen molar-refractivity contribution in [3.8, 4) is 0 Å². The highest BCUT2D eigenvalue weighted by Gasteiger charge is 2.58. The van der Waals surface area contributed by atoms with Crippen molar-refractivity contribution >= 4 is 11.7 Å². The molecule has 180 valence electrons. The van der Waals surface area contributed by atoms with E-state index in [-0.39, 0.29) is 0 Å². The van der Waals surface area contributed by atoms with Crippen molar-refractivity contribution in [3.63, 3.8) is 0 Å². The van der Waals surface area contributed by atoms with Gasteiger partial charge < -0.3 is 5.73 Å². The maximum Gasteiger partial charge on any atom is 0.332 e. The number of nitrogens with one attached hydrogen (secondary N) is 1. The topological polar surface area (TPSA) is 67.5 Å². The number of amides is 2. The summed E-state index contributed by atoms with van der Waals surface area (Å²) in [6.45, 7) is 12.5. The predicted octanol–water partition coefficient (Wildman–Crippen LogP) is 7.05. The number of hydrazone groups is 1. The molecule has 4 heteroatoms. The van der Waals surface area contributed by atoms with Crippen LogP contribution in [0.1, 0.15) is 105 Å². The van der Waals surface area contributed by atoms with Crippen molar-refractivity contribution in [1.29, 1.82) is 0 Å². The zero-order valence-corrected chi connectivity index (χ0v) is 21.3. The lowest BCUT2D eigenvalue weighted by Crippen LogP contribution is -2.50. The van der Waals surface area contributed by atoms with E-state index < -0.39 is 6.03 Å². The lowest BCUT2D eigenvalue weighted by atomic mass is 9.47. The molecule has 32 heavy (non-hydrogen) atoms. The van der Waals surface area contributed by atoms with Crippen LogP contribution >= 0.6 is 0 Å². The number of allylic oxidation sites excluding steroid dienone is 2. The van der Waals surface area contributed by atoms with Crippen LogP contribution in [0.25, 0.3) is 0 Å². The average Bonchev–Trinajstić information content (AvgIpc) is 3.09. The fourth-order valence-corrected chi connectivity index (χ4v) is 8.74. The first-order valence-electron chi connectivity index (χ1n) is 13.5. The molecule has 2 amide bonds. The number of fused-ring (bicyclic) bond motifs is 5. The van der Waals surface area contributed by atoms with Crippen LogP contribution in [0.2, 0.25) is 0 Å². The van der Waals surface area contributed by atoms with E-state index in [0.29, 0.717) is 10.8 Å². The number of carbonyl (C=O) groups excluding carboxylic acids is 1. The first-order chi connectivity index (χ1) is 15.1. The molecule has 0 unspecified atom stereocenters. The van der Waals surface area contributed by atoms with Crippen LogP contribution in [-0.4, -0.2) is 11.7 Å². The monoisotopic (exact) mass is 441 g/mol. The number of hydrogen-bond acceptors (Lipinski definition) is 2. The lowest BCUT2D eigenvalue weighted by Gasteiger charge is -2.58. The normalized spacial score (nSPS) is 40.9. The molecule has 4 rings (SSSR count). The number of primary amides is 1. The third-order valence-corrected chi connectivity index (χ3v) is 10.5. The van der Waals surface area contributed by atoms with Crippen molar-refractivity contribution in [2.45, 2.75) is 105 Å². The summed E-state index contributed by atoms with van der Waals surface area (Å²) in [6, 6.07) is -0.565. The highest BCUT2D eigenvalue weighted by atomic mass is 16.2. The van der Waals surface area contributed by atoms with E-state index in [1.54, 1.807) is 5.57 Å². The Morgan fingerprint density at radius 3 is 2.66 bits per heavy atom. The highest BCUT2D eigenvalue weighted by molar-refractivity contribution is 5.89. The van der Waals surface area contributed by atoms with Crippen LogP contribution in [0.5, 0.6) is 0 Å². The molecule has 0 bridgehead atoms. The Balaban J connectivity index is 1.47. The van der Waals surface area contributed by atoms with Crippen molar-refractivity contribution < 1.29 is 4.79 Å². The molecule has 0 aliphatic heterocycles. The maximum absolute atomic E-state index is 11.1. The molecule has 4 nitrogen and oxygen atoms in total. The Morgan fingerprint density at radius 2 is 1.94 bits per heavy atom. The van der Waals surface area contributed by atoms with E-state index in [0.717, 1.165) is 60.5 Å². The molecule has 0 spiro atoms. The van der Waals surface area contributed by atoms with Gasteiger partial charge in [0.1, 0.15) is 0 Å². The lowest BCUT2D eigenvalue weighted by molar-refractivity contribution is -0.0468. The summed E-state index contributed by atoms with van der Waals surface area (Å²) in [5.41, 5.74) is 11.2. The fraction of sp³-hybridized carbons (Fsp3) is 0.857. The second kappa shape index (κ2) is 9.14. The van der Waals surface area contributed by atoms with E-state index in [9.17, 15) is 4.79 Å². The Morgan fingerprint density at radius 1 is 1.16 bits per heavy atom. The van der Waals surface area contributed by atoms with Crippen LogP contribution in [0.3, 0.4) is 0 Å². The minimum atomic E-state index is -0.565. The van der Waals surface area contributed by atoms with Gasteiger partial charge in [-0.05, 0) is 91.3 Å². The zero-order chi connectivity index (χ0) is 23.1. The average molecular weight is 442 g/mol. The molecule has 0 saturated heterocycles. The van der Waals surface area contributed by atoms with Gasteiger partial charge in [-0.1, -0.05) is 65.5 Å². The van der Waals surface area contributed by atoms with Gasteiger partial charge >= 0.3 is 6.03 Å². The molecule has 3 saturated carbocycles. The van der Waals surface area contributed by atoms with Gasteiger partial charge in [0.2, 0.25) is 0 Å². The van der Waals surface area contributed by atoms with Crippen LogP contribution < -0.4 is 11.2 Å². The smallest absolute Gasteiger partial charge is 0.332 e. The molecular formula is C28H47N3O. The number of rotatable bonds is 6. The SMILES string of the molecule is CC(C)CCC[C@@H](C)[C@H]1CC[C@H]2[C@@H]3CC=C4CC(=NNC(N)=O)CC[C@]4(C)[C@H]3CC[C@]12C. The van der Waals surface area contributed by atoms with Gasteiger partial charge in [-0.2, -0.15) is 5.10 Å². The number of urea groups is 1. The van der Waals surface area contributed by atoms with Gasteiger partial charge in [-0.15, -0.1) is 0 Å². The molecule has 0 aromatic rings. The molecule has 0 aromatic carbocycles. The fourth-order valence-electron chi connectivity index (χ4n) is 8.74. The van der Waals surface area contributed by atoms with E-state index in [4.69, 9.17) is 5.73 Å². The van der Waals surface area contributed by atoms with E-state index in [1.807, 2.05) is 0 Å². The molecule has 0 aromatic heterocycles. The summed E-state index contributed by atoms with van der Waals surface area (Å²) in [4.78, 5) is 11.1. The van der Waals surface area contributed by atoms with E-state index in [2.05, 4.69) is 51.2 Å². The second-order valence-electron chi connectivity index (χ2n) is 12.6. The molecule has 3 N–H and O–H groups in total. The highest BCUT2D eigenvalue weighted by Crippen LogP contribution is 2.67. The Bertz CT molecular complexity index is 771. The molecule has 4 aliphatic rings. The molecule has 4 aliphatic carbocycles. The van der Waals surface area contributed by atoms with Crippen LogP contribution in [-0.2, 0) is 0 Å². The van der Waals surface area contributed by atoms with E-state index in [1.165, 1.54) is 51.4 Å². The summed E-state index contributed by atoms with van der Waals surface area (Å²) in [7, 11) is 0. The summed E-state index contributed by atoms with van der Waals surface area (Å²) < 4.78 is 0. The van der Waals surface area contributed by atoms with Crippen molar-refractivity contribution in [3.05, 3.63) is 11.6 Å². The molecule has 0 radical (unpaired) electrons. The first-order valence-corrected chi connectivity index (χ1v) is 13.5. The molecule has 0 heterocycles. The number of carbonyl (C=O) groups is 1. The van der Waals surface area contributed by atoms with E-state index >= 15 is 0 Å². The Hall–Kier alpha value is -1.32. The maximum atomic E-state index is 11.1. The zero-order valence-electron chi connectivity index (χ0n) is 21.3. The van der Waals surface area contributed by atoms with Gasteiger partial charge in [-0.3, -0.25) is 0 Å². The number of nitrogens with two attached hydrogens (primary N) is 1. The van der Waals surface area contributed by atoms with Gasteiger partial charge in [0, 0.05) is 12.1 Å². The summed E-state index contributed by atoms with van der Waals surface area (Å²) in [5, 5.41) is 4.29. The Kier molecular flexibility index (Phi) is 6.81. The van der Waals surface area contributed by atoms with Crippen molar-refractivity contribution in [1.82, 2.24) is 5.43 Å². The largest absolute Gasteiger partial charge is 0.350 e. The summed E-state index contributed by atoms with van der Waals surface area (Å²) in [6.07, 6.45) is 16.8. The van der Waals surface area contributed by atoms with Gasteiger partial charge in [0.25, 0.3) is 0 Å². The predicted molar refractivity (Wildman–Crippen MR) is 133 cm³/mol. The van der Waals surface area contributed by atoms with Gasteiger partial charge in [0.05, 0.1) is 0 Å². The third-order valence-electron chi connectivity index (χ3n) is 10.5. The minimum Gasteiger partial charge on any atom is -0.350 e. The van der Waals surface area contributed by atoms with Gasteiger partial charge in [-0.25, -0.2) is 10.2 Å². The van der Waals surface area contributed by atoms with Gasteiger partial charge in [0.15, 0.2) is 0 Å². The van der Waals surface area contributed by atoms with Crippen LogP contribution in [0.15, 0.2) is 16.8 Å². The Labute approximate surface area is 196 Å². The molecule has 7 atom stereocenters. The summed E-state index contributed by atoms with van der Waals surface area (Å²) >= 11 is 0. The van der Waals surface area contributed by atoms with Crippen LogP contribution in [0, 0.1) is 46.3 Å². The quantitative estimate of drug-likeness (QED) is 0.336. The second-order valence-corrected chi connectivity index (χ2v) is 12.6. The number of hydrogen-bond donors (Lipinski definition) is 2. The van der Waals surface area contributed by atoms with Crippen molar-refractivity contribution in [2.24, 2.45) is 57.2 Å². The number of nitrogens with zero attached hydrogens (tertiary/aromatic N) is 1. The van der Waals surface area contributed by atoms with Crippen LogP contribution in [0.4, 0.5) is 4.79 Å². The standard InChI is InChI=1S/C28H47N3O/c1-18(2)7-6-8-19(3)23-11-12-24-22-10-9-20-17-21(30-31-26(29)32)13-15-27(20,4)25(22)14-16-28(23,24)5/h9,18-19,22-25H,6-8,10-17H2,1-5H3,(H3,29,31,32)/t19-,22+,23-,24+,25+,27+,28-/m1/s1. The molecular weight excluding hydrogens is 394 g/mol. The summed E-state index contributed by atoms with van der Waals surface area (Å²) in [5.74, 6) is 5.21. The first kappa shape index (κ1) is 23.8.